The van der Waals surface area contributed by atoms with Crippen molar-refractivity contribution in [3.63, 3.8) is 0 Å². The van der Waals surface area contributed by atoms with E-state index in [1.54, 1.807) is 17.7 Å². The van der Waals surface area contributed by atoms with E-state index in [1.165, 1.54) is 0 Å². The summed E-state index contributed by atoms with van der Waals surface area (Å²) in [5.74, 6) is -0.252. The molecule has 0 aliphatic rings. The van der Waals surface area contributed by atoms with Gasteiger partial charge in [-0.2, -0.15) is 0 Å². The third-order valence-electron chi connectivity index (χ3n) is 2.08. The first-order valence-electron chi connectivity index (χ1n) is 5.74. The molecule has 0 saturated carbocycles. The summed E-state index contributed by atoms with van der Waals surface area (Å²) < 4.78 is 1.72. The van der Waals surface area contributed by atoms with Gasteiger partial charge in [0.25, 0.3) is 5.91 Å². The van der Waals surface area contributed by atoms with Gasteiger partial charge in [-0.25, -0.2) is 0 Å². The number of rotatable bonds is 4. The number of hydrogen-bond donors (Lipinski definition) is 3. The van der Waals surface area contributed by atoms with Crippen molar-refractivity contribution in [2.75, 3.05) is 13.2 Å². The van der Waals surface area contributed by atoms with Gasteiger partial charge in [0.2, 0.25) is 0 Å². The number of amides is 1. The minimum Gasteiger partial charge on any atom is -0.394 e. The molecule has 1 atom stereocenters. The molecule has 0 saturated heterocycles. The number of nitrogens with zero attached hydrogens (tertiary/aromatic N) is 1. The average Bonchev–Trinajstić information content (AvgIpc) is 2.67. The number of aliphatic hydroxyl groups is 2. The van der Waals surface area contributed by atoms with Gasteiger partial charge in [0.15, 0.2) is 0 Å². The highest BCUT2D eigenvalue weighted by Crippen LogP contribution is 2.05. The minimum absolute atomic E-state index is 0.0551. The fourth-order valence-corrected chi connectivity index (χ4v) is 1.32. The molecule has 5 nitrogen and oxygen atoms in total. The van der Waals surface area contributed by atoms with Crippen LogP contribution in [0.5, 0.6) is 0 Å². The Morgan fingerprint density at radius 2 is 2.12 bits per heavy atom. The molecule has 1 amide bonds. The molecule has 5 heteroatoms. The van der Waals surface area contributed by atoms with Crippen LogP contribution in [0.3, 0.4) is 0 Å². The summed E-state index contributed by atoms with van der Waals surface area (Å²) in [6.07, 6.45) is 0.938. The summed E-state index contributed by atoms with van der Waals surface area (Å²) in [7, 11) is 1.78. The van der Waals surface area contributed by atoms with Crippen LogP contribution in [0.1, 0.15) is 29.9 Å². The maximum absolute atomic E-state index is 11.6. The second-order valence-electron chi connectivity index (χ2n) is 3.56. The topological polar surface area (TPSA) is 74.5 Å². The van der Waals surface area contributed by atoms with Crippen molar-refractivity contribution in [3.05, 3.63) is 23.5 Å². The summed E-state index contributed by atoms with van der Waals surface area (Å²) >= 11 is 0. The van der Waals surface area contributed by atoms with Crippen LogP contribution in [0.4, 0.5) is 0 Å². The third-order valence-corrected chi connectivity index (χ3v) is 2.08. The molecule has 0 radical (unpaired) electrons. The van der Waals surface area contributed by atoms with E-state index in [0.29, 0.717) is 5.69 Å². The van der Waals surface area contributed by atoms with E-state index in [1.807, 2.05) is 27.0 Å². The Bertz CT molecular complexity index is 348. The second-order valence-corrected chi connectivity index (χ2v) is 3.56. The second kappa shape index (κ2) is 7.86. The summed E-state index contributed by atoms with van der Waals surface area (Å²) in [6, 6.07) is 1.76. The van der Waals surface area contributed by atoms with E-state index in [9.17, 15) is 4.79 Å². The number of aromatic nitrogens is 1. The van der Waals surface area contributed by atoms with Crippen molar-refractivity contribution in [2.24, 2.45) is 7.05 Å². The summed E-state index contributed by atoms with van der Waals surface area (Å²) in [5.41, 5.74) is 1.54. The molecule has 3 N–H and O–H groups in total. The lowest BCUT2D eigenvalue weighted by molar-refractivity contribution is 0.0796. The van der Waals surface area contributed by atoms with Crippen LogP contribution in [0.2, 0.25) is 0 Å². The van der Waals surface area contributed by atoms with E-state index >= 15 is 0 Å². The van der Waals surface area contributed by atoms with Crippen LogP contribution in [0.25, 0.3) is 0 Å². The molecule has 1 rings (SSSR count). The van der Waals surface area contributed by atoms with E-state index in [-0.39, 0.29) is 19.1 Å². The highest BCUT2D eigenvalue weighted by atomic mass is 16.3. The molecular weight excluding hydrogens is 220 g/mol. The van der Waals surface area contributed by atoms with Gasteiger partial charge in [0.1, 0.15) is 5.69 Å². The first-order valence-corrected chi connectivity index (χ1v) is 5.74. The Hall–Kier alpha value is -1.33. The first kappa shape index (κ1) is 15.7. The molecule has 0 aliphatic heterocycles. The van der Waals surface area contributed by atoms with Crippen LogP contribution in [-0.2, 0) is 7.05 Å². The zero-order valence-corrected chi connectivity index (χ0v) is 10.9. The summed E-state index contributed by atoms with van der Waals surface area (Å²) in [4.78, 5) is 11.6. The molecule has 1 aromatic heterocycles. The molecule has 1 heterocycles. The zero-order valence-electron chi connectivity index (χ0n) is 10.9. The van der Waals surface area contributed by atoms with Crippen LogP contribution < -0.4 is 5.32 Å². The Labute approximate surface area is 102 Å². The summed E-state index contributed by atoms with van der Waals surface area (Å²) in [5, 5.41) is 20.2. The highest BCUT2D eigenvalue weighted by molar-refractivity contribution is 5.92. The molecule has 0 aliphatic carbocycles. The molecule has 0 aromatic carbocycles. The standard InChI is InChI=1S/C10H16N2O3.C2H6/c1-7-3-9(12(2)5-7)10(15)11-4-8(14)6-13;1-2/h3,5,8,13-14H,4,6H2,1-2H3,(H,11,15);1-2H3/t8-;/m0./s1. The number of carbonyl (C=O) groups is 1. The van der Waals surface area contributed by atoms with Crippen molar-refractivity contribution in [1.82, 2.24) is 9.88 Å². The van der Waals surface area contributed by atoms with Crippen LogP contribution in [0, 0.1) is 6.92 Å². The van der Waals surface area contributed by atoms with E-state index in [2.05, 4.69) is 5.32 Å². The lowest BCUT2D eigenvalue weighted by Gasteiger charge is -2.09. The number of carbonyl (C=O) groups excluding carboxylic acids is 1. The van der Waals surface area contributed by atoms with Gasteiger partial charge in [-0.05, 0) is 18.6 Å². The maximum Gasteiger partial charge on any atom is 0.267 e. The van der Waals surface area contributed by atoms with Crippen molar-refractivity contribution >= 4 is 5.91 Å². The van der Waals surface area contributed by atoms with Crippen molar-refractivity contribution in [2.45, 2.75) is 26.9 Å². The normalized spacial score (nSPS) is 11.4. The molecule has 0 spiro atoms. The van der Waals surface area contributed by atoms with E-state index in [4.69, 9.17) is 10.2 Å². The van der Waals surface area contributed by atoms with Gasteiger partial charge in [-0.1, -0.05) is 13.8 Å². The third kappa shape index (κ3) is 5.01. The van der Waals surface area contributed by atoms with Gasteiger partial charge < -0.3 is 20.1 Å². The Morgan fingerprint density at radius 3 is 2.53 bits per heavy atom. The average molecular weight is 242 g/mol. The van der Waals surface area contributed by atoms with Gasteiger partial charge in [0, 0.05) is 19.8 Å². The first-order chi connectivity index (χ1) is 8.04. The number of aryl methyl sites for hydroxylation is 2. The quantitative estimate of drug-likeness (QED) is 0.717. The molecule has 0 unspecified atom stereocenters. The van der Waals surface area contributed by atoms with Crippen molar-refractivity contribution in [1.29, 1.82) is 0 Å². The van der Waals surface area contributed by atoms with Gasteiger partial charge in [0.05, 0.1) is 12.7 Å². The number of hydrogen-bond acceptors (Lipinski definition) is 3. The predicted octanol–water partition coefficient (Wildman–Crippen LogP) is 0.443. The van der Waals surface area contributed by atoms with Crippen LogP contribution in [0.15, 0.2) is 12.3 Å². The van der Waals surface area contributed by atoms with Gasteiger partial charge in [-0.3, -0.25) is 4.79 Å². The minimum atomic E-state index is -0.907. The van der Waals surface area contributed by atoms with Crippen LogP contribution >= 0.6 is 0 Å². The zero-order chi connectivity index (χ0) is 13.4. The lowest BCUT2D eigenvalue weighted by Crippen LogP contribution is -2.34. The van der Waals surface area contributed by atoms with Crippen molar-refractivity contribution in [3.8, 4) is 0 Å². The predicted molar refractivity (Wildman–Crippen MR) is 66.9 cm³/mol. The maximum atomic E-state index is 11.6. The van der Waals surface area contributed by atoms with Crippen LogP contribution in [-0.4, -0.2) is 39.9 Å². The fraction of sp³-hybridized carbons (Fsp3) is 0.583. The Kier molecular flexibility index (Phi) is 7.25. The number of aliphatic hydroxyl groups excluding tert-OH is 2. The highest BCUT2D eigenvalue weighted by Gasteiger charge is 2.11. The van der Waals surface area contributed by atoms with Gasteiger partial charge in [-0.15, -0.1) is 0 Å². The molecule has 0 bridgehead atoms. The lowest BCUT2D eigenvalue weighted by atomic mass is 10.3. The SMILES string of the molecule is CC.Cc1cc(C(=O)NC[C@H](O)CO)n(C)c1. The smallest absolute Gasteiger partial charge is 0.267 e. The van der Waals surface area contributed by atoms with Gasteiger partial charge >= 0.3 is 0 Å². The van der Waals surface area contributed by atoms with Crippen molar-refractivity contribution < 1.29 is 15.0 Å². The Balaban J connectivity index is 0.00000121. The molecule has 0 fully saturated rings. The molecule has 98 valence electrons. The monoisotopic (exact) mass is 242 g/mol. The molecule has 17 heavy (non-hydrogen) atoms. The summed E-state index contributed by atoms with van der Waals surface area (Å²) in [6.45, 7) is 5.60. The molecule has 1 aromatic rings. The van der Waals surface area contributed by atoms with E-state index < -0.39 is 6.10 Å². The molecular formula is C12H22N2O3. The fourth-order valence-electron chi connectivity index (χ4n) is 1.32. The number of nitrogens with one attached hydrogen (secondary N) is 1. The Morgan fingerprint density at radius 1 is 1.53 bits per heavy atom. The largest absolute Gasteiger partial charge is 0.394 e. The van der Waals surface area contributed by atoms with E-state index in [0.717, 1.165) is 5.56 Å².